The number of alkyl halides is 3. The number of benzene rings is 1. The quantitative estimate of drug-likeness (QED) is 0.780. The van der Waals surface area contributed by atoms with Gasteiger partial charge in [-0.1, -0.05) is 29.8 Å². The van der Waals surface area contributed by atoms with Gasteiger partial charge in [0.1, 0.15) is 5.56 Å². The summed E-state index contributed by atoms with van der Waals surface area (Å²) < 4.78 is 41.5. The normalized spacial score (nSPS) is 15.0. The summed E-state index contributed by atoms with van der Waals surface area (Å²) in [5.41, 5.74) is 0.711. The molecule has 0 saturated heterocycles. The van der Waals surface area contributed by atoms with Crippen molar-refractivity contribution in [3.05, 3.63) is 58.3 Å². The van der Waals surface area contributed by atoms with Gasteiger partial charge in [0.05, 0.1) is 11.4 Å². The number of anilines is 1. The molecule has 0 spiro atoms. The molecule has 2 heterocycles. The Morgan fingerprint density at radius 2 is 1.63 bits per heavy atom. The minimum absolute atomic E-state index is 0.0831. The average Bonchev–Trinajstić information content (AvgIpc) is 2.79. The van der Waals surface area contributed by atoms with Crippen LogP contribution in [0.3, 0.4) is 0 Å². The molecule has 140 valence electrons. The Kier molecular flexibility index (Phi) is 4.69. The Hall–Kier alpha value is -2.87. The second kappa shape index (κ2) is 6.70. The molecular weight excluding hydrogens is 383 g/mol. The zero-order valence-electron chi connectivity index (χ0n) is 14.2. The first kappa shape index (κ1) is 18.9. The highest BCUT2D eigenvalue weighted by Gasteiger charge is 2.40. The van der Waals surface area contributed by atoms with E-state index in [0.29, 0.717) is 5.01 Å². The number of hydrogen-bond donors (Lipinski definition) is 1. The van der Waals surface area contributed by atoms with Gasteiger partial charge in [-0.3, -0.25) is 20.0 Å². The summed E-state index contributed by atoms with van der Waals surface area (Å²) in [5.74, 6) is -1.41. The van der Waals surface area contributed by atoms with E-state index in [2.05, 4.69) is 10.4 Å². The molecule has 0 bridgehead atoms. The molecule has 0 saturated carbocycles. The Labute approximate surface area is 157 Å². The van der Waals surface area contributed by atoms with Crippen molar-refractivity contribution in [2.75, 3.05) is 5.43 Å². The number of nitrogens with zero attached hydrogens (tertiary/aromatic N) is 2. The van der Waals surface area contributed by atoms with E-state index in [1.807, 2.05) is 0 Å². The molecular formula is C18H13ClF3N3O2. The summed E-state index contributed by atoms with van der Waals surface area (Å²) in [6.07, 6.45) is -3.66. The molecule has 1 aromatic carbocycles. The number of aromatic nitrogens is 1. The van der Waals surface area contributed by atoms with Crippen LogP contribution in [0.1, 0.15) is 19.4 Å². The second-order valence-electron chi connectivity index (χ2n) is 5.87. The van der Waals surface area contributed by atoms with Crippen LogP contribution < -0.4 is 5.43 Å². The predicted octanol–water partition coefficient (Wildman–Crippen LogP) is 4.45. The van der Waals surface area contributed by atoms with Gasteiger partial charge in [0.15, 0.2) is 0 Å². The van der Waals surface area contributed by atoms with Gasteiger partial charge in [-0.05, 0) is 26.0 Å². The molecule has 0 radical (unpaired) electrons. The van der Waals surface area contributed by atoms with Crippen molar-refractivity contribution in [2.24, 2.45) is 0 Å². The van der Waals surface area contributed by atoms with Gasteiger partial charge in [0, 0.05) is 27.9 Å². The van der Waals surface area contributed by atoms with Crippen LogP contribution in [0.5, 0.6) is 0 Å². The van der Waals surface area contributed by atoms with Crippen LogP contribution in [0.2, 0.25) is 5.02 Å². The van der Waals surface area contributed by atoms with Crippen LogP contribution in [-0.4, -0.2) is 21.8 Å². The SMILES string of the molecule is CC1=C(C)C(=O)N(Nc2ccnc(-c3ccccc3Cl)c2C(F)(F)F)C1=O. The fourth-order valence-corrected chi connectivity index (χ4v) is 2.90. The highest BCUT2D eigenvalue weighted by atomic mass is 35.5. The number of imide groups is 1. The molecule has 3 rings (SSSR count). The molecule has 0 fully saturated rings. The van der Waals surface area contributed by atoms with Crippen LogP contribution in [0.15, 0.2) is 47.7 Å². The molecule has 2 amide bonds. The van der Waals surface area contributed by atoms with E-state index >= 15 is 0 Å². The van der Waals surface area contributed by atoms with Crippen LogP contribution in [0.25, 0.3) is 11.3 Å². The van der Waals surface area contributed by atoms with Crippen molar-refractivity contribution in [2.45, 2.75) is 20.0 Å². The lowest BCUT2D eigenvalue weighted by atomic mass is 10.0. The summed E-state index contributed by atoms with van der Waals surface area (Å²) >= 11 is 6.03. The summed E-state index contributed by atoms with van der Waals surface area (Å²) in [5, 5.41) is 0.653. The number of rotatable bonds is 3. The highest BCUT2D eigenvalue weighted by Crippen LogP contribution is 2.42. The molecule has 1 aliphatic heterocycles. The van der Waals surface area contributed by atoms with Crippen molar-refractivity contribution in [3.63, 3.8) is 0 Å². The van der Waals surface area contributed by atoms with E-state index in [0.717, 1.165) is 12.3 Å². The molecule has 1 aliphatic rings. The Morgan fingerprint density at radius 1 is 1.04 bits per heavy atom. The maximum atomic E-state index is 13.8. The monoisotopic (exact) mass is 395 g/mol. The first-order chi connectivity index (χ1) is 12.6. The van der Waals surface area contributed by atoms with Crippen molar-refractivity contribution in [1.29, 1.82) is 0 Å². The average molecular weight is 396 g/mol. The van der Waals surface area contributed by atoms with Crippen molar-refractivity contribution < 1.29 is 22.8 Å². The maximum Gasteiger partial charge on any atom is 0.420 e. The molecule has 27 heavy (non-hydrogen) atoms. The smallest absolute Gasteiger partial charge is 0.288 e. The lowest BCUT2D eigenvalue weighted by Crippen LogP contribution is -2.37. The number of halogens is 4. The fraction of sp³-hybridized carbons (Fsp3) is 0.167. The first-order valence-corrected chi connectivity index (χ1v) is 8.14. The lowest BCUT2D eigenvalue weighted by molar-refractivity contribution is -0.139. The summed E-state index contributed by atoms with van der Waals surface area (Å²) in [6.45, 7) is 2.87. The minimum Gasteiger partial charge on any atom is -0.288 e. The second-order valence-corrected chi connectivity index (χ2v) is 6.27. The van der Waals surface area contributed by atoms with Gasteiger partial charge < -0.3 is 0 Å². The lowest BCUT2D eigenvalue weighted by Gasteiger charge is -2.22. The van der Waals surface area contributed by atoms with Gasteiger partial charge in [-0.25, -0.2) is 0 Å². The van der Waals surface area contributed by atoms with Gasteiger partial charge in [0.25, 0.3) is 11.8 Å². The van der Waals surface area contributed by atoms with E-state index in [-0.39, 0.29) is 21.7 Å². The largest absolute Gasteiger partial charge is 0.420 e. The Bertz CT molecular complexity index is 962. The topological polar surface area (TPSA) is 62.3 Å². The third kappa shape index (κ3) is 3.28. The van der Waals surface area contributed by atoms with E-state index in [1.165, 1.54) is 32.0 Å². The first-order valence-electron chi connectivity index (χ1n) is 7.77. The van der Waals surface area contributed by atoms with Gasteiger partial charge in [0.2, 0.25) is 0 Å². The third-order valence-corrected chi connectivity index (χ3v) is 4.54. The van der Waals surface area contributed by atoms with E-state index in [9.17, 15) is 22.8 Å². The number of hydrazine groups is 1. The molecule has 1 aromatic heterocycles. The zero-order valence-corrected chi connectivity index (χ0v) is 14.9. The number of amides is 2. The molecule has 1 N–H and O–H groups in total. The number of hydrogen-bond acceptors (Lipinski definition) is 4. The van der Waals surface area contributed by atoms with Crippen LogP contribution in [0.4, 0.5) is 18.9 Å². The number of pyridine rings is 1. The number of carbonyl (C=O) groups excluding carboxylic acids is 2. The predicted molar refractivity (Wildman–Crippen MR) is 93.5 cm³/mol. The summed E-state index contributed by atoms with van der Waals surface area (Å²) in [6, 6.07) is 7.02. The van der Waals surface area contributed by atoms with Crippen LogP contribution in [-0.2, 0) is 15.8 Å². The summed E-state index contributed by atoms with van der Waals surface area (Å²) in [7, 11) is 0. The standard InChI is InChI=1S/C18H13ClF3N3O2/c1-9-10(2)17(27)25(16(9)26)24-13-7-8-23-15(14(13)18(20,21)22)11-5-3-4-6-12(11)19/h3-8H,1-2H3,(H,23,24). The Morgan fingerprint density at radius 3 is 2.19 bits per heavy atom. The molecule has 2 aromatic rings. The van der Waals surface area contributed by atoms with E-state index in [4.69, 9.17) is 11.6 Å². The molecule has 5 nitrogen and oxygen atoms in total. The molecule has 0 atom stereocenters. The Balaban J connectivity index is 2.13. The maximum absolute atomic E-state index is 13.8. The molecule has 0 aliphatic carbocycles. The zero-order chi connectivity index (χ0) is 19.9. The number of nitrogens with one attached hydrogen (secondary N) is 1. The van der Waals surface area contributed by atoms with Crippen LogP contribution >= 0.6 is 11.6 Å². The van der Waals surface area contributed by atoms with Crippen LogP contribution in [0, 0.1) is 0 Å². The van der Waals surface area contributed by atoms with Gasteiger partial charge in [-0.15, -0.1) is 0 Å². The van der Waals surface area contributed by atoms with E-state index in [1.54, 1.807) is 6.07 Å². The van der Waals surface area contributed by atoms with E-state index < -0.39 is 34.9 Å². The van der Waals surface area contributed by atoms with Gasteiger partial charge in [-0.2, -0.15) is 18.2 Å². The van der Waals surface area contributed by atoms with Crippen molar-refractivity contribution in [1.82, 2.24) is 9.99 Å². The number of carbonyl (C=O) groups is 2. The third-order valence-electron chi connectivity index (χ3n) is 4.21. The highest BCUT2D eigenvalue weighted by molar-refractivity contribution is 6.33. The molecule has 9 heteroatoms. The molecule has 0 unspecified atom stereocenters. The fourth-order valence-electron chi connectivity index (χ4n) is 2.67. The summed E-state index contributed by atoms with van der Waals surface area (Å²) in [4.78, 5) is 28.2. The van der Waals surface area contributed by atoms with Crippen molar-refractivity contribution in [3.8, 4) is 11.3 Å². The van der Waals surface area contributed by atoms with Gasteiger partial charge >= 0.3 is 6.18 Å². The van der Waals surface area contributed by atoms with Crippen molar-refractivity contribution >= 4 is 29.1 Å². The minimum atomic E-state index is -4.81.